The molecule has 1 unspecified atom stereocenters. The van der Waals surface area contributed by atoms with E-state index in [-0.39, 0.29) is 11.9 Å². The Morgan fingerprint density at radius 2 is 2.20 bits per heavy atom. The number of rotatable bonds is 5. The molecule has 1 heterocycles. The fourth-order valence-electron chi connectivity index (χ4n) is 2.02. The molecule has 20 heavy (non-hydrogen) atoms. The van der Waals surface area contributed by atoms with Crippen LogP contribution in [-0.2, 0) is 11.2 Å². The molecule has 1 amide bonds. The van der Waals surface area contributed by atoms with Crippen molar-refractivity contribution in [3.63, 3.8) is 0 Å². The van der Waals surface area contributed by atoms with Crippen molar-refractivity contribution >= 4 is 17.5 Å². The van der Waals surface area contributed by atoms with E-state index in [0.29, 0.717) is 49.1 Å². The van der Waals surface area contributed by atoms with Gasteiger partial charge < -0.3 is 20.5 Å². The van der Waals surface area contributed by atoms with Crippen LogP contribution in [0.3, 0.4) is 0 Å². The lowest BCUT2D eigenvalue weighted by molar-refractivity contribution is -0.121. The van der Waals surface area contributed by atoms with Gasteiger partial charge in [-0.2, -0.15) is 0 Å². The maximum atomic E-state index is 11.5. The fraction of sp³-hybridized carbons (Fsp3) is 0.500. The molecule has 110 valence electrons. The number of benzene rings is 1. The summed E-state index contributed by atoms with van der Waals surface area (Å²) < 4.78 is 11.0. The molecule has 1 aromatic carbocycles. The van der Waals surface area contributed by atoms with Crippen LogP contribution in [-0.4, -0.2) is 31.7 Å². The number of hydrogen-bond donors (Lipinski definition) is 2. The summed E-state index contributed by atoms with van der Waals surface area (Å²) in [5.74, 6) is 1.23. The minimum atomic E-state index is -0.126. The van der Waals surface area contributed by atoms with Gasteiger partial charge in [-0.05, 0) is 31.0 Å². The summed E-state index contributed by atoms with van der Waals surface area (Å²) in [5.41, 5.74) is 6.56. The van der Waals surface area contributed by atoms with E-state index in [9.17, 15) is 4.79 Å². The molecule has 6 heteroatoms. The van der Waals surface area contributed by atoms with E-state index >= 15 is 0 Å². The third-order valence-electron chi connectivity index (χ3n) is 2.90. The zero-order chi connectivity index (χ0) is 14.5. The Balaban J connectivity index is 1.90. The molecule has 0 saturated carbocycles. The molecule has 0 aliphatic carbocycles. The number of nitrogens with one attached hydrogen (secondary N) is 1. The highest BCUT2D eigenvalue weighted by Gasteiger charge is 2.16. The van der Waals surface area contributed by atoms with Gasteiger partial charge in [0.1, 0.15) is 13.2 Å². The first-order valence-corrected chi connectivity index (χ1v) is 7.04. The van der Waals surface area contributed by atoms with E-state index in [4.69, 9.17) is 26.8 Å². The Bertz CT molecular complexity index is 492. The second kappa shape index (κ2) is 6.81. The SMILES string of the molecule is CC(N)CC(=O)NCCc1cc(Cl)c2c(c1)OCCO2. The number of ether oxygens (including phenoxy) is 2. The van der Waals surface area contributed by atoms with Crippen LogP contribution in [0.25, 0.3) is 0 Å². The molecule has 0 bridgehead atoms. The predicted octanol–water partition coefficient (Wildman–Crippen LogP) is 1.51. The Morgan fingerprint density at radius 3 is 2.95 bits per heavy atom. The molecule has 0 aromatic heterocycles. The van der Waals surface area contributed by atoms with Crippen molar-refractivity contribution in [1.29, 1.82) is 0 Å². The second-order valence-corrected chi connectivity index (χ2v) is 5.29. The van der Waals surface area contributed by atoms with E-state index in [0.717, 1.165) is 5.56 Å². The molecular formula is C14H19ClN2O3. The molecule has 1 aliphatic rings. The number of carbonyl (C=O) groups is 1. The molecular weight excluding hydrogens is 280 g/mol. The van der Waals surface area contributed by atoms with Gasteiger partial charge in [-0.1, -0.05) is 11.6 Å². The first-order valence-electron chi connectivity index (χ1n) is 6.66. The normalized spacial score (nSPS) is 14.8. The van der Waals surface area contributed by atoms with Gasteiger partial charge >= 0.3 is 0 Å². The Morgan fingerprint density at radius 1 is 1.45 bits per heavy atom. The van der Waals surface area contributed by atoms with Gasteiger partial charge in [-0.3, -0.25) is 4.79 Å². The number of nitrogens with two attached hydrogens (primary N) is 1. The highest BCUT2D eigenvalue weighted by atomic mass is 35.5. The molecule has 1 atom stereocenters. The molecule has 1 aliphatic heterocycles. The highest BCUT2D eigenvalue weighted by Crippen LogP contribution is 2.38. The van der Waals surface area contributed by atoms with Crippen molar-refractivity contribution in [2.75, 3.05) is 19.8 Å². The van der Waals surface area contributed by atoms with Crippen LogP contribution in [0.15, 0.2) is 12.1 Å². The Kier molecular flexibility index (Phi) is 5.09. The van der Waals surface area contributed by atoms with Gasteiger partial charge in [-0.25, -0.2) is 0 Å². The maximum absolute atomic E-state index is 11.5. The first kappa shape index (κ1) is 14.9. The van der Waals surface area contributed by atoms with Crippen molar-refractivity contribution < 1.29 is 14.3 Å². The average Bonchev–Trinajstić information content (AvgIpc) is 2.38. The first-order chi connectivity index (χ1) is 9.56. The van der Waals surface area contributed by atoms with E-state index in [1.807, 2.05) is 12.1 Å². The number of halogens is 1. The minimum Gasteiger partial charge on any atom is -0.486 e. The monoisotopic (exact) mass is 298 g/mol. The van der Waals surface area contributed by atoms with Gasteiger partial charge in [-0.15, -0.1) is 0 Å². The molecule has 3 N–H and O–H groups in total. The highest BCUT2D eigenvalue weighted by molar-refractivity contribution is 6.32. The van der Waals surface area contributed by atoms with Crippen LogP contribution in [0.2, 0.25) is 5.02 Å². The van der Waals surface area contributed by atoms with Gasteiger partial charge in [0.25, 0.3) is 0 Å². The lowest BCUT2D eigenvalue weighted by Gasteiger charge is -2.20. The molecule has 0 saturated heterocycles. The fourth-order valence-corrected chi connectivity index (χ4v) is 2.31. The van der Waals surface area contributed by atoms with Gasteiger partial charge in [0.2, 0.25) is 5.91 Å². The Labute approximate surface area is 123 Å². The van der Waals surface area contributed by atoms with Gasteiger partial charge in [0.15, 0.2) is 11.5 Å². The zero-order valence-corrected chi connectivity index (χ0v) is 12.2. The number of fused-ring (bicyclic) bond motifs is 1. The van der Waals surface area contributed by atoms with Gasteiger partial charge in [0.05, 0.1) is 5.02 Å². The maximum Gasteiger partial charge on any atom is 0.221 e. The van der Waals surface area contributed by atoms with Crippen LogP contribution < -0.4 is 20.5 Å². The Hall–Kier alpha value is -1.46. The van der Waals surface area contributed by atoms with E-state index in [2.05, 4.69) is 5.32 Å². The smallest absolute Gasteiger partial charge is 0.221 e. The topological polar surface area (TPSA) is 73.6 Å². The summed E-state index contributed by atoms with van der Waals surface area (Å²) in [6, 6.07) is 3.61. The summed E-state index contributed by atoms with van der Waals surface area (Å²) in [5, 5.41) is 3.37. The number of carbonyl (C=O) groups excluding carboxylic acids is 1. The largest absolute Gasteiger partial charge is 0.486 e. The summed E-state index contributed by atoms with van der Waals surface area (Å²) in [4.78, 5) is 11.5. The standard InChI is InChI=1S/C14H19ClN2O3/c1-9(16)6-13(18)17-3-2-10-7-11(15)14-12(8-10)19-4-5-20-14/h7-9H,2-6,16H2,1H3,(H,17,18). The average molecular weight is 299 g/mol. The van der Waals surface area contributed by atoms with E-state index in [1.165, 1.54) is 0 Å². The lowest BCUT2D eigenvalue weighted by atomic mass is 10.1. The van der Waals surface area contributed by atoms with Crippen LogP contribution in [0.5, 0.6) is 11.5 Å². The molecule has 1 aromatic rings. The summed E-state index contributed by atoms with van der Waals surface area (Å²) >= 11 is 6.15. The van der Waals surface area contributed by atoms with Gasteiger partial charge in [0, 0.05) is 19.0 Å². The minimum absolute atomic E-state index is 0.0383. The predicted molar refractivity (Wildman–Crippen MR) is 77.4 cm³/mol. The van der Waals surface area contributed by atoms with Crippen molar-refractivity contribution in [3.05, 3.63) is 22.7 Å². The molecule has 0 radical (unpaired) electrons. The lowest BCUT2D eigenvalue weighted by Crippen LogP contribution is -2.31. The third-order valence-corrected chi connectivity index (χ3v) is 3.18. The van der Waals surface area contributed by atoms with Crippen LogP contribution in [0, 0.1) is 0 Å². The second-order valence-electron chi connectivity index (χ2n) is 4.88. The van der Waals surface area contributed by atoms with Crippen LogP contribution in [0.1, 0.15) is 18.9 Å². The molecule has 2 rings (SSSR count). The third kappa shape index (κ3) is 4.02. The van der Waals surface area contributed by atoms with Crippen molar-refractivity contribution in [1.82, 2.24) is 5.32 Å². The quantitative estimate of drug-likeness (QED) is 0.864. The summed E-state index contributed by atoms with van der Waals surface area (Å²) in [6.07, 6.45) is 1.02. The summed E-state index contributed by atoms with van der Waals surface area (Å²) in [6.45, 7) is 3.39. The van der Waals surface area contributed by atoms with Crippen LogP contribution in [0.4, 0.5) is 0 Å². The van der Waals surface area contributed by atoms with Crippen molar-refractivity contribution in [2.45, 2.75) is 25.8 Å². The van der Waals surface area contributed by atoms with Crippen molar-refractivity contribution in [3.8, 4) is 11.5 Å². The molecule has 5 nitrogen and oxygen atoms in total. The van der Waals surface area contributed by atoms with Crippen LogP contribution >= 0.6 is 11.6 Å². The number of hydrogen-bond acceptors (Lipinski definition) is 4. The van der Waals surface area contributed by atoms with Crippen molar-refractivity contribution in [2.24, 2.45) is 5.73 Å². The summed E-state index contributed by atoms with van der Waals surface area (Å²) in [7, 11) is 0. The molecule has 0 fully saturated rings. The van der Waals surface area contributed by atoms with E-state index < -0.39 is 0 Å². The zero-order valence-electron chi connectivity index (χ0n) is 11.4. The van der Waals surface area contributed by atoms with E-state index in [1.54, 1.807) is 6.92 Å². The number of amides is 1. The molecule has 0 spiro atoms.